The molecule has 2 aromatic rings. The Balaban J connectivity index is 0.00000194. The molecule has 0 saturated heterocycles. The van der Waals surface area contributed by atoms with Crippen molar-refractivity contribution in [1.82, 2.24) is 0 Å². The molecule has 2 aromatic carbocycles. The van der Waals surface area contributed by atoms with Gasteiger partial charge in [0.25, 0.3) is 20.2 Å². The predicted octanol–water partition coefficient (Wildman–Crippen LogP) is -1.21. The quantitative estimate of drug-likeness (QED) is 0.147. The van der Waals surface area contributed by atoms with Crippen molar-refractivity contribution in [3.63, 3.8) is 0 Å². The average Bonchev–Trinajstić information content (AvgIpc) is 2.81. The van der Waals surface area contributed by atoms with Gasteiger partial charge in [0.2, 0.25) is 0 Å². The number of aryl methyl sites for hydroxylation is 2. The van der Waals surface area contributed by atoms with Crippen LogP contribution in [-0.4, -0.2) is 91.9 Å². The minimum absolute atomic E-state index is 0.167. The molecule has 12 nitrogen and oxygen atoms in total. The monoisotopic (exact) mass is 538 g/mol. The Morgan fingerprint density at radius 2 is 0.886 bits per heavy atom. The van der Waals surface area contributed by atoms with Gasteiger partial charge >= 0.3 is 0 Å². The van der Waals surface area contributed by atoms with Gasteiger partial charge in [-0.1, -0.05) is 35.4 Å². The maximum atomic E-state index is 12.1. The maximum absolute atomic E-state index is 12.1. The van der Waals surface area contributed by atoms with Crippen LogP contribution < -0.4 is 0 Å². The van der Waals surface area contributed by atoms with Gasteiger partial charge in [-0.15, -0.1) is 0 Å². The first-order chi connectivity index (χ1) is 16.2. The van der Waals surface area contributed by atoms with Crippen LogP contribution >= 0.6 is 0 Å². The van der Waals surface area contributed by atoms with E-state index in [0.29, 0.717) is 0 Å². The summed E-state index contributed by atoms with van der Waals surface area (Å²) in [6.45, 7) is 0.951. The molecule has 0 saturated carbocycles. The molecule has 0 fully saturated rings. The zero-order valence-electron chi connectivity index (χ0n) is 19.0. The topological polar surface area (TPSA) is 208 Å². The SMILES string of the molecule is Cc1ccc(S(=O)(=O)OCC(O)C(O)C(O)C(O)COS(=O)(=O)c2ccc(C)cc2)cc1.OCO. The summed E-state index contributed by atoms with van der Waals surface area (Å²) in [4.78, 5) is -0.333. The largest absolute Gasteiger partial charge is 0.388 e. The lowest BCUT2D eigenvalue weighted by Crippen LogP contribution is -2.48. The Labute approximate surface area is 203 Å². The second kappa shape index (κ2) is 13.9. The molecule has 4 unspecified atom stereocenters. The highest BCUT2D eigenvalue weighted by molar-refractivity contribution is 7.87. The van der Waals surface area contributed by atoms with Gasteiger partial charge in [-0.2, -0.15) is 16.8 Å². The van der Waals surface area contributed by atoms with Gasteiger partial charge in [-0.05, 0) is 38.1 Å². The molecule has 6 N–H and O–H groups in total. The van der Waals surface area contributed by atoms with E-state index < -0.39 is 64.7 Å². The van der Waals surface area contributed by atoms with E-state index in [-0.39, 0.29) is 9.79 Å². The number of rotatable bonds is 11. The van der Waals surface area contributed by atoms with Gasteiger partial charge in [-0.25, -0.2) is 0 Å². The zero-order chi connectivity index (χ0) is 26.8. The molecule has 2 rings (SSSR count). The summed E-state index contributed by atoms with van der Waals surface area (Å²) in [6, 6.07) is 11.4. The first-order valence-electron chi connectivity index (χ1n) is 10.1. The Morgan fingerprint density at radius 1 is 0.629 bits per heavy atom. The summed E-state index contributed by atoms with van der Waals surface area (Å²) < 4.78 is 57.9. The van der Waals surface area contributed by atoms with Gasteiger partial charge in [0.05, 0.1) is 23.0 Å². The van der Waals surface area contributed by atoms with Crippen LogP contribution in [0, 0.1) is 13.8 Å². The minimum atomic E-state index is -4.23. The Morgan fingerprint density at radius 3 is 1.14 bits per heavy atom. The molecule has 14 heteroatoms. The maximum Gasteiger partial charge on any atom is 0.297 e. The van der Waals surface area contributed by atoms with E-state index in [0.717, 1.165) is 11.1 Å². The fourth-order valence-electron chi connectivity index (χ4n) is 2.52. The molecular formula is C21H30O12S2. The average molecular weight is 539 g/mol. The normalized spacial score (nSPS) is 15.4. The van der Waals surface area contributed by atoms with Crippen molar-refractivity contribution < 1.29 is 55.8 Å². The third kappa shape index (κ3) is 9.89. The summed E-state index contributed by atoms with van der Waals surface area (Å²) >= 11 is 0. The molecule has 0 aliphatic rings. The lowest BCUT2D eigenvalue weighted by Gasteiger charge is -2.26. The Kier molecular flexibility index (Phi) is 12.4. The second-order valence-electron chi connectivity index (χ2n) is 7.36. The third-order valence-electron chi connectivity index (χ3n) is 4.55. The third-order valence-corrected chi connectivity index (χ3v) is 7.14. The van der Waals surface area contributed by atoms with Crippen LogP contribution in [0.25, 0.3) is 0 Å². The molecular weight excluding hydrogens is 508 g/mol. The fourth-order valence-corrected chi connectivity index (χ4v) is 4.37. The molecule has 0 aliphatic carbocycles. The smallest absolute Gasteiger partial charge is 0.297 e. The Bertz CT molecular complexity index is 1010. The van der Waals surface area contributed by atoms with E-state index in [1.165, 1.54) is 24.3 Å². The highest BCUT2D eigenvalue weighted by atomic mass is 32.2. The van der Waals surface area contributed by atoms with Crippen LogP contribution in [0.1, 0.15) is 11.1 Å². The molecule has 0 bridgehead atoms. The van der Waals surface area contributed by atoms with Crippen LogP contribution in [0.2, 0.25) is 0 Å². The molecule has 0 amide bonds. The van der Waals surface area contributed by atoms with E-state index in [4.69, 9.17) is 18.6 Å². The van der Waals surface area contributed by atoms with Crippen LogP contribution in [0.4, 0.5) is 0 Å². The molecule has 0 aromatic heterocycles. The molecule has 0 spiro atoms. The molecule has 198 valence electrons. The summed E-state index contributed by atoms with van der Waals surface area (Å²) in [7, 11) is -8.47. The summed E-state index contributed by atoms with van der Waals surface area (Å²) in [5.74, 6) is 0. The second-order valence-corrected chi connectivity index (χ2v) is 10.6. The number of aliphatic hydroxyl groups is 6. The van der Waals surface area contributed by atoms with Crippen molar-refractivity contribution in [2.24, 2.45) is 0 Å². The first kappa shape index (κ1) is 31.1. The van der Waals surface area contributed by atoms with Crippen molar-refractivity contribution in [3.05, 3.63) is 59.7 Å². The van der Waals surface area contributed by atoms with Crippen molar-refractivity contribution >= 4 is 20.2 Å². The number of aliphatic hydroxyl groups excluding tert-OH is 5. The van der Waals surface area contributed by atoms with E-state index in [1.807, 2.05) is 0 Å². The van der Waals surface area contributed by atoms with Crippen molar-refractivity contribution in [2.75, 3.05) is 20.0 Å². The van der Waals surface area contributed by atoms with Gasteiger partial charge in [0, 0.05) is 0 Å². The van der Waals surface area contributed by atoms with Crippen molar-refractivity contribution in [2.45, 2.75) is 48.1 Å². The van der Waals surface area contributed by atoms with Crippen molar-refractivity contribution in [3.8, 4) is 0 Å². The van der Waals surface area contributed by atoms with E-state index in [9.17, 15) is 37.3 Å². The number of benzene rings is 2. The Hall–Kier alpha value is -1.98. The highest BCUT2D eigenvalue weighted by Crippen LogP contribution is 2.17. The van der Waals surface area contributed by atoms with Gasteiger partial charge < -0.3 is 30.6 Å². The zero-order valence-corrected chi connectivity index (χ0v) is 20.6. The summed E-state index contributed by atoms with van der Waals surface area (Å²) in [5.41, 5.74) is 1.64. The fraction of sp³-hybridized carbons (Fsp3) is 0.429. The lowest BCUT2D eigenvalue weighted by atomic mass is 10.0. The number of hydrogen-bond acceptors (Lipinski definition) is 12. The van der Waals surface area contributed by atoms with Crippen LogP contribution in [0.5, 0.6) is 0 Å². The standard InChI is InChI=1S/C20H26O10S2.CH4O2/c1-13-3-7-15(8-4-13)31(25,26)29-11-17(21)19(23)20(24)18(22)12-30-32(27,28)16-9-5-14(2)6-10-16;2-1-3/h3-10,17-24H,11-12H2,1-2H3;2-3H,1H2. The molecule has 35 heavy (non-hydrogen) atoms. The molecule has 0 heterocycles. The number of hydrogen-bond donors (Lipinski definition) is 6. The minimum Gasteiger partial charge on any atom is -0.388 e. The van der Waals surface area contributed by atoms with E-state index in [2.05, 4.69) is 0 Å². The molecule has 0 aliphatic heterocycles. The van der Waals surface area contributed by atoms with Gasteiger partial charge in [0.1, 0.15) is 31.2 Å². The first-order valence-corrected chi connectivity index (χ1v) is 12.9. The van der Waals surface area contributed by atoms with Crippen molar-refractivity contribution in [1.29, 1.82) is 0 Å². The van der Waals surface area contributed by atoms with E-state index in [1.54, 1.807) is 38.1 Å². The molecule has 0 radical (unpaired) electrons. The summed E-state index contributed by atoms with van der Waals surface area (Å²) in [5, 5.41) is 54.2. The lowest BCUT2D eigenvalue weighted by molar-refractivity contribution is -0.118. The molecule has 4 atom stereocenters. The summed E-state index contributed by atoms with van der Waals surface area (Å²) in [6.07, 6.45) is -7.92. The van der Waals surface area contributed by atoms with Gasteiger partial charge in [0.15, 0.2) is 0 Å². The van der Waals surface area contributed by atoms with E-state index >= 15 is 0 Å². The predicted molar refractivity (Wildman–Crippen MR) is 122 cm³/mol. The van der Waals surface area contributed by atoms with Crippen LogP contribution in [0.3, 0.4) is 0 Å². The van der Waals surface area contributed by atoms with Crippen LogP contribution in [-0.2, 0) is 28.6 Å². The highest BCUT2D eigenvalue weighted by Gasteiger charge is 2.33. The van der Waals surface area contributed by atoms with Crippen LogP contribution in [0.15, 0.2) is 58.3 Å². The van der Waals surface area contributed by atoms with Gasteiger partial charge in [-0.3, -0.25) is 8.37 Å².